The molecule has 4 amide bonds. The molecule has 5 aromatic rings. The van der Waals surface area contributed by atoms with Gasteiger partial charge in [0.05, 0.1) is 51.7 Å². The van der Waals surface area contributed by atoms with E-state index in [0.29, 0.717) is 24.5 Å². The average molecular weight is 1050 g/mol. The second kappa shape index (κ2) is 23.2. The fraction of sp³-hybridized carbons (Fsp3) is 0.389. The number of carbonyl (C=O) groups is 4. The zero-order valence-corrected chi connectivity index (χ0v) is 43.5. The van der Waals surface area contributed by atoms with Gasteiger partial charge in [-0.3, -0.25) is 24.1 Å². The van der Waals surface area contributed by atoms with Crippen LogP contribution in [0.5, 0.6) is 5.75 Å². The molecule has 1 aromatic heterocycles. The van der Waals surface area contributed by atoms with Crippen molar-refractivity contribution in [2.75, 3.05) is 49.4 Å². The van der Waals surface area contributed by atoms with Gasteiger partial charge >= 0.3 is 6.18 Å². The van der Waals surface area contributed by atoms with Crippen LogP contribution in [0.15, 0.2) is 96.5 Å². The first kappa shape index (κ1) is 55.0. The molecule has 3 atom stereocenters. The summed E-state index contributed by atoms with van der Waals surface area (Å²) >= 11 is 7.24. The first-order chi connectivity index (χ1) is 35.1. The van der Waals surface area contributed by atoms with Gasteiger partial charge in [-0.2, -0.15) is 18.4 Å². The van der Waals surface area contributed by atoms with Crippen LogP contribution in [-0.4, -0.2) is 107 Å². The van der Waals surface area contributed by atoms with Crippen molar-refractivity contribution >= 4 is 63.7 Å². The fourth-order valence-corrected chi connectivity index (χ4v) is 10.1. The number of thiocarbonyl (C=S) groups is 1. The lowest BCUT2D eigenvalue weighted by atomic mass is 9.85. The monoisotopic (exact) mass is 1050 g/mol. The molecule has 0 saturated carbocycles. The van der Waals surface area contributed by atoms with Gasteiger partial charge in [-0.1, -0.05) is 69.3 Å². The van der Waals surface area contributed by atoms with Crippen LogP contribution >= 0.6 is 23.6 Å². The third-order valence-corrected chi connectivity index (χ3v) is 14.0. The lowest BCUT2D eigenvalue weighted by Crippen LogP contribution is -2.58. The lowest BCUT2D eigenvalue weighted by Gasteiger charge is -2.35. The number of rotatable bonds is 19. The topological polar surface area (TPSA) is 187 Å². The van der Waals surface area contributed by atoms with Crippen LogP contribution in [0.1, 0.15) is 69.8 Å². The van der Waals surface area contributed by atoms with E-state index in [-0.39, 0.29) is 56.7 Å². The Morgan fingerprint density at radius 3 is 2.28 bits per heavy atom. The van der Waals surface area contributed by atoms with Gasteiger partial charge < -0.3 is 39.8 Å². The highest BCUT2D eigenvalue weighted by Crippen LogP contribution is 2.40. The third kappa shape index (κ3) is 12.8. The number of β-amino-alcohol motifs (C(OH)–C–C–N with tert-alkyl or cyclic N) is 1. The van der Waals surface area contributed by atoms with Gasteiger partial charge in [-0.05, 0) is 110 Å². The van der Waals surface area contributed by atoms with Gasteiger partial charge in [0.15, 0.2) is 5.11 Å². The van der Waals surface area contributed by atoms with Gasteiger partial charge in [-0.25, -0.2) is 4.98 Å². The summed E-state index contributed by atoms with van der Waals surface area (Å²) in [7, 11) is 0. The van der Waals surface area contributed by atoms with E-state index in [0.717, 1.165) is 49.9 Å². The van der Waals surface area contributed by atoms with E-state index >= 15 is 0 Å². The molecular formula is C54H58F3N7O8S2. The molecule has 2 fully saturated rings. The summed E-state index contributed by atoms with van der Waals surface area (Å²) < 4.78 is 58.6. The number of thiazole rings is 1. The standard InChI is InChI=1S/C54H58F3N7O8S2/c1-33-46(74-32-60-33)36-13-11-34(12-14-36)29-59-48(67)44-27-41(65)30-62(44)49(68)47(52(2,3)4)61-45(66)31-71-22-8-21-70-23-24-72-42-10-7-9-37(25-42)35-15-18-39(19-16-35)64-51(73)63(50(69)53(64,5)6)40-20-17-38(28-58)43(26-40)54(55,56)57/h7,9-20,25-26,32,41,44,47,65H,8,21-24,27,29-31H2,1-6H3,(H,59,67)(H,61,66)/t41-,44+,47?/m1/s1. The van der Waals surface area contributed by atoms with Crippen LogP contribution in [0.3, 0.4) is 0 Å². The number of nitriles is 1. The van der Waals surface area contributed by atoms with Crippen molar-refractivity contribution in [1.29, 1.82) is 5.26 Å². The Labute approximate surface area is 437 Å². The van der Waals surface area contributed by atoms with Crippen LogP contribution in [-0.2, 0) is 41.4 Å². The van der Waals surface area contributed by atoms with Crippen LogP contribution in [0.25, 0.3) is 21.6 Å². The molecule has 15 nitrogen and oxygen atoms in total. The third-order valence-electron chi connectivity index (χ3n) is 12.7. The van der Waals surface area contributed by atoms with Crippen molar-refractivity contribution in [2.24, 2.45) is 5.41 Å². The molecule has 4 aromatic carbocycles. The number of hydrogen-bond donors (Lipinski definition) is 3. The molecule has 0 aliphatic carbocycles. The summed E-state index contributed by atoms with van der Waals surface area (Å²) in [5, 5.41) is 25.5. The van der Waals surface area contributed by atoms with Crippen molar-refractivity contribution in [1.82, 2.24) is 20.5 Å². The molecule has 2 saturated heterocycles. The van der Waals surface area contributed by atoms with E-state index in [1.54, 1.807) is 53.8 Å². The summed E-state index contributed by atoms with van der Waals surface area (Å²) in [5.41, 5.74) is 3.10. The number of alkyl halides is 3. The van der Waals surface area contributed by atoms with Crippen molar-refractivity contribution in [2.45, 2.75) is 90.8 Å². The minimum Gasteiger partial charge on any atom is -0.491 e. The number of carbonyl (C=O) groups excluding carboxylic acids is 4. The maximum Gasteiger partial charge on any atom is 0.417 e. The average Bonchev–Trinajstić information content (AvgIpc) is 4.03. The largest absolute Gasteiger partial charge is 0.491 e. The number of nitrogens with zero attached hydrogens (tertiary/aromatic N) is 5. The molecule has 2 aliphatic rings. The molecule has 74 heavy (non-hydrogen) atoms. The van der Waals surface area contributed by atoms with Gasteiger partial charge in [0.1, 0.15) is 36.6 Å². The smallest absolute Gasteiger partial charge is 0.417 e. The number of aryl methyl sites for hydroxylation is 1. The molecule has 3 N–H and O–H groups in total. The fourth-order valence-electron chi connectivity index (χ4n) is 8.76. The zero-order valence-electron chi connectivity index (χ0n) is 41.8. The Kier molecular flexibility index (Phi) is 17.2. The highest BCUT2D eigenvalue weighted by molar-refractivity contribution is 7.81. The van der Waals surface area contributed by atoms with Crippen LogP contribution in [0.2, 0.25) is 0 Å². The number of aliphatic hydroxyl groups excluding tert-OH is 1. The minimum atomic E-state index is -4.81. The highest BCUT2D eigenvalue weighted by atomic mass is 32.1. The second-order valence-corrected chi connectivity index (χ2v) is 20.8. The zero-order chi connectivity index (χ0) is 53.5. The van der Waals surface area contributed by atoms with Gasteiger partial charge in [0.25, 0.3) is 5.91 Å². The number of anilines is 2. The number of likely N-dealkylation sites (tertiary alicyclic amines) is 1. The Hall–Kier alpha value is -6.76. The minimum absolute atomic E-state index is 0.00449. The number of amides is 4. The molecule has 390 valence electrons. The molecular weight excluding hydrogens is 996 g/mol. The Balaban J connectivity index is 0.823. The summed E-state index contributed by atoms with van der Waals surface area (Å²) in [6.07, 6.45) is -5.15. The van der Waals surface area contributed by atoms with E-state index in [9.17, 15) is 42.7 Å². The highest BCUT2D eigenvalue weighted by Gasteiger charge is 2.51. The second-order valence-electron chi connectivity index (χ2n) is 19.5. The van der Waals surface area contributed by atoms with Crippen molar-refractivity contribution in [3.8, 4) is 33.4 Å². The number of ether oxygens (including phenoxy) is 3. The summed E-state index contributed by atoms with van der Waals surface area (Å²) in [6, 6.07) is 25.2. The maximum atomic E-state index is 14.0. The predicted octanol–water partition coefficient (Wildman–Crippen LogP) is 8.20. The van der Waals surface area contributed by atoms with Crippen molar-refractivity contribution in [3.05, 3.63) is 119 Å². The van der Waals surface area contributed by atoms with E-state index in [2.05, 4.69) is 15.6 Å². The van der Waals surface area contributed by atoms with Crippen molar-refractivity contribution < 1.29 is 51.7 Å². The molecule has 0 bridgehead atoms. The number of aliphatic hydroxyl groups is 1. The predicted molar refractivity (Wildman–Crippen MR) is 278 cm³/mol. The number of nitrogens with one attached hydrogen (secondary N) is 2. The normalized spacial score (nSPS) is 17.1. The quantitative estimate of drug-likeness (QED) is 0.0533. The van der Waals surface area contributed by atoms with E-state index < -0.39 is 70.1 Å². The Morgan fingerprint density at radius 1 is 0.932 bits per heavy atom. The number of halogens is 3. The molecule has 2 aliphatic heterocycles. The summed E-state index contributed by atoms with van der Waals surface area (Å²) in [4.78, 5) is 63.5. The number of aromatic nitrogens is 1. The van der Waals surface area contributed by atoms with Gasteiger partial charge in [-0.15, -0.1) is 11.3 Å². The maximum absolute atomic E-state index is 14.0. The lowest BCUT2D eigenvalue weighted by molar-refractivity contribution is -0.144. The summed E-state index contributed by atoms with van der Waals surface area (Å²) in [5.74, 6) is -1.28. The number of benzene rings is 4. The van der Waals surface area contributed by atoms with E-state index in [4.69, 9.17) is 26.4 Å². The van der Waals surface area contributed by atoms with Crippen molar-refractivity contribution in [3.63, 3.8) is 0 Å². The Morgan fingerprint density at radius 2 is 1.62 bits per heavy atom. The molecule has 0 radical (unpaired) electrons. The van der Waals surface area contributed by atoms with E-state index in [1.165, 1.54) is 11.0 Å². The van der Waals surface area contributed by atoms with Gasteiger partial charge in [0.2, 0.25) is 17.7 Å². The van der Waals surface area contributed by atoms with E-state index in [1.807, 2.05) is 88.4 Å². The first-order valence-corrected chi connectivity index (χ1v) is 25.2. The molecule has 20 heteroatoms. The molecule has 3 heterocycles. The molecule has 0 spiro atoms. The first-order valence-electron chi connectivity index (χ1n) is 23.9. The van der Waals surface area contributed by atoms with Gasteiger partial charge in [0, 0.05) is 38.4 Å². The summed E-state index contributed by atoms with van der Waals surface area (Å²) in [6.45, 7) is 11.6. The molecule has 1 unspecified atom stereocenters. The van der Waals surface area contributed by atoms with Crippen LogP contribution in [0.4, 0.5) is 24.5 Å². The number of hydrogen-bond acceptors (Lipinski definition) is 12. The Bertz CT molecular complexity index is 2900. The molecule has 7 rings (SSSR count). The van der Waals surface area contributed by atoms with Crippen LogP contribution in [0, 0.1) is 23.7 Å². The SMILES string of the molecule is Cc1ncsc1-c1ccc(CNC(=O)[C@@H]2C[C@@H](O)CN2C(=O)C(NC(=O)COCCCOCCOc2cccc(-c3ccc(N4C(=S)N(c5ccc(C#N)c(C(F)(F)F)c5)C(=O)C4(C)C)cc3)c2)C(C)(C)C)cc1. The van der Waals surface area contributed by atoms with Crippen LogP contribution < -0.4 is 25.2 Å².